The molecule has 3 aromatic rings. The van der Waals surface area contributed by atoms with E-state index in [2.05, 4.69) is 104 Å². The predicted molar refractivity (Wildman–Crippen MR) is 145 cm³/mol. The average Bonchev–Trinajstić information content (AvgIpc) is 3.32. The molecule has 2 aliphatic rings. The summed E-state index contributed by atoms with van der Waals surface area (Å²) in [5.74, 6) is 1.84. The summed E-state index contributed by atoms with van der Waals surface area (Å²) in [6.07, 6.45) is 1.11. The molecule has 0 amide bonds. The SMILES string of the molecule is Cc1ccc(-c2nc3n(n2)N=C(C(C)(C)C)/C3=N/c2cc3c(cc2C)N(C)C(C)(C)CC3C)cc1. The highest BCUT2D eigenvalue weighted by atomic mass is 15.6. The zero-order chi connectivity index (χ0) is 25.3. The fourth-order valence-corrected chi connectivity index (χ4v) is 5.15. The Balaban J connectivity index is 1.63. The summed E-state index contributed by atoms with van der Waals surface area (Å²) < 4.78 is 0. The zero-order valence-electron chi connectivity index (χ0n) is 22.4. The molecule has 2 aromatic carbocycles. The molecule has 6 heteroatoms. The van der Waals surface area contributed by atoms with Gasteiger partial charge in [-0.1, -0.05) is 57.5 Å². The van der Waals surface area contributed by atoms with Crippen molar-refractivity contribution < 1.29 is 0 Å². The second-order valence-corrected chi connectivity index (χ2v) is 11.8. The van der Waals surface area contributed by atoms with Crippen molar-refractivity contribution in [3.05, 3.63) is 58.9 Å². The van der Waals surface area contributed by atoms with Gasteiger partial charge >= 0.3 is 0 Å². The minimum Gasteiger partial charge on any atom is -0.369 e. The van der Waals surface area contributed by atoms with Gasteiger partial charge in [0, 0.05) is 29.3 Å². The molecular weight excluding hydrogens is 432 g/mol. The second-order valence-electron chi connectivity index (χ2n) is 11.8. The first-order valence-corrected chi connectivity index (χ1v) is 12.5. The number of aryl methyl sites for hydroxylation is 2. The summed E-state index contributed by atoms with van der Waals surface area (Å²) >= 11 is 0. The van der Waals surface area contributed by atoms with Crippen LogP contribution in [0.15, 0.2) is 46.5 Å². The van der Waals surface area contributed by atoms with Crippen LogP contribution in [0.3, 0.4) is 0 Å². The summed E-state index contributed by atoms with van der Waals surface area (Å²) in [6.45, 7) is 17.7. The molecule has 0 radical (unpaired) electrons. The summed E-state index contributed by atoms with van der Waals surface area (Å²) in [5, 5.41) is 9.56. The monoisotopic (exact) mass is 468 g/mol. The third-order valence-corrected chi connectivity index (χ3v) is 7.43. The molecule has 182 valence electrons. The van der Waals surface area contributed by atoms with Crippen molar-refractivity contribution in [2.75, 3.05) is 11.9 Å². The largest absolute Gasteiger partial charge is 0.369 e. The highest BCUT2D eigenvalue weighted by Crippen LogP contribution is 2.45. The number of rotatable bonds is 2. The molecule has 35 heavy (non-hydrogen) atoms. The van der Waals surface area contributed by atoms with E-state index in [4.69, 9.17) is 20.2 Å². The number of hydrogen-bond acceptors (Lipinski definition) is 5. The van der Waals surface area contributed by atoms with E-state index in [0.29, 0.717) is 17.6 Å². The fraction of sp³-hybridized carbons (Fsp3) is 0.448. The Labute approximate surface area is 208 Å². The molecule has 0 N–H and O–H groups in total. The Morgan fingerprint density at radius 1 is 1.06 bits per heavy atom. The summed E-state index contributed by atoms with van der Waals surface area (Å²) in [4.78, 5) is 14.2. The smallest absolute Gasteiger partial charge is 0.204 e. The van der Waals surface area contributed by atoms with Gasteiger partial charge in [0.15, 0.2) is 5.82 Å². The molecule has 0 spiro atoms. The summed E-state index contributed by atoms with van der Waals surface area (Å²) in [7, 11) is 2.20. The van der Waals surface area contributed by atoms with Gasteiger partial charge in [-0.05, 0) is 63.3 Å². The number of aliphatic imine (C=N–C) groups is 1. The molecule has 6 nitrogen and oxygen atoms in total. The van der Waals surface area contributed by atoms with Crippen molar-refractivity contribution in [3.8, 4) is 11.4 Å². The topological polar surface area (TPSA) is 58.7 Å². The van der Waals surface area contributed by atoms with Crippen LogP contribution in [0, 0.1) is 19.3 Å². The van der Waals surface area contributed by atoms with Gasteiger partial charge in [0.25, 0.3) is 0 Å². The number of benzene rings is 2. The van der Waals surface area contributed by atoms with Gasteiger partial charge < -0.3 is 4.90 Å². The normalized spacial score (nSPS) is 20.1. The van der Waals surface area contributed by atoms with Crippen LogP contribution in [0.2, 0.25) is 0 Å². The highest BCUT2D eigenvalue weighted by Gasteiger charge is 2.37. The van der Waals surface area contributed by atoms with Gasteiger partial charge in [-0.25, -0.2) is 9.98 Å². The highest BCUT2D eigenvalue weighted by molar-refractivity contribution is 6.50. The van der Waals surface area contributed by atoms with Crippen LogP contribution in [0.4, 0.5) is 11.4 Å². The van der Waals surface area contributed by atoms with Crippen molar-refractivity contribution >= 4 is 22.8 Å². The van der Waals surface area contributed by atoms with Gasteiger partial charge in [0.2, 0.25) is 5.82 Å². The first-order chi connectivity index (χ1) is 16.3. The van der Waals surface area contributed by atoms with Gasteiger partial charge in [-0.2, -0.15) is 5.10 Å². The molecular formula is C29H36N6. The Morgan fingerprint density at radius 2 is 1.74 bits per heavy atom. The lowest BCUT2D eigenvalue weighted by molar-refractivity contribution is 0.395. The molecule has 1 atom stereocenters. The minimum absolute atomic E-state index is 0.132. The van der Waals surface area contributed by atoms with Crippen LogP contribution in [0.25, 0.3) is 11.4 Å². The maximum atomic E-state index is 5.22. The van der Waals surface area contributed by atoms with Crippen molar-refractivity contribution in [2.45, 2.75) is 73.3 Å². The fourth-order valence-electron chi connectivity index (χ4n) is 5.15. The van der Waals surface area contributed by atoms with Gasteiger partial charge in [0.05, 0.1) is 11.4 Å². The first kappa shape index (κ1) is 23.5. The molecule has 0 fully saturated rings. The number of hydrogen-bond donors (Lipinski definition) is 0. The van der Waals surface area contributed by atoms with Crippen molar-refractivity contribution in [3.63, 3.8) is 0 Å². The quantitative estimate of drug-likeness (QED) is 0.422. The third-order valence-electron chi connectivity index (χ3n) is 7.43. The van der Waals surface area contributed by atoms with Crippen LogP contribution in [0.5, 0.6) is 0 Å². The lowest BCUT2D eigenvalue weighted by Crippen LogP contribution is -2.45. The number of fused-ring (bicyclic) bond motifs is 2. The van der Waals surface area contributed by atoms with E-state index < -0.39 is 0 Å². The van der Waals surface area contributed by atoms with Gasteiger partial charge in [0.1, 0.15) is 5.71 Å². The Hall–Kier alpha value is -3.28. The van der Waals surface area contributed by atoms with E-state index >= 15 is 0 Å². The predicted octanol–water partition coefficient (Wildman–Crippen LogP) is 6.67. The van der Waals surface area contributed by atoms with Crippen molar-refractivity contribution in [1.82, 2.24) is 14.9 Å². The van der Waals surface area contributed by atoms with Crippen LogP contribution in [0.1, 0.15) is 76.4 Å². The number of anilines is 1. The van der Waals surface area contributed by atoms with E-state index in [1.807, 2.05) is 0 Å². The van der Waals surface area contributed by atoms with E-state index in [-0.39, 0.29) is 11.0 Å². The standard InChI is InChI=1S/C29H36N6/c1-17-10-12-20(13-11-17)26-31-27-24(25(28(4,5)6)32-35(27)33-26)30-22-15-21-19(3)16-29(7,8)34(9)23(21)14-18(22)2/h10-15,19H,16H2,1-9H3/b30-24-. The van der Waals surface area contributed by atoms with Crippen LogP contribution < -0.4 is 4.90 Å². The third kappa shape index (κ3) is 3.99. The zero-order valence-corrected chi connectivity index (χ0v) is 22.4. The lowest BCUT2D eigenvalue weighted by Gasteiger charge is -2.45. The maximum Gasteiger partial charge on any atom is 0.204 e. The van der Waals surface area contributed by atoms with E-state index in [1.54, 1.807) is 4.79 Å². The lowest BCUT2D eigenvalue weighted by atomic mass is 9.80. The molecule has 1 unspecified atom stereocenters. The van der Waals surface area contributed by atoms with Crippen molar-refractivity contribution in [2.24, 2.45) is 15.5 Å². The van der Waals surface area contributed by atoms with Crippen LogP contribution >= 0.6 is 0 Å². The summed E-state index contributed by atoms with van der Waals surface area (Å²) in [5.41, 5.74) is 8.63. The molecule has 2 aliphatic heterocycles. The van der Waals surface area contributed by atoms with E-state index in [9.17, 15) is 0 Å². The second kappa shape index (κ2) is 7.87. The summed E-state index contributed by atoms with van der Waals surface area (Å²) in [6, 6.07) is 12.8. The molecule has 0 bridgehead atoms. The molecule has 0 aliphatic carbocycles. The molecule has 1 aromatic heterocycles. The molecule has 5 rings (SSSR count). The Kier molecular flexibility index (Phi) is 5.28. The first-order valence-electron chi connectivity index (χ1n) is 12.5. The Morgan fingerprint density at radius 3 is 2.40 bits per heavy atom. The number of aromatic nitrogens is 3. The minimum atomic E-state index is -0.190. The van der Waals surface area contributed by atoms with Crippen molar-refractivity contribution in [1.29, 1.82) is 0 Å². The van der Waals surface area contributed by atoms with E-state index in [0.717, 1.165) is 34.7 Å². The maximum absolute atomic E-state index is 5.22. The molecule has 0 saturated heterocycles. The van der Waals surface area contributed by atoms with Crippen LogP contribution in [-0.2, 0) is 0 Å². The van der Waals surface area contributed by atoms with Gasteiger partial charge in [-0.3, -0.25) is 0 Å². The average molecular weight is 469 g/mol. The van der Waals surface area contributed by atoms with Gasteiger partial charge in [-0.15, -0.1) is 9.89 Å². The van der Waals surface area contributed by atoms with E-state index in [1.165, 1.54) is 16.8 Å². The number of nitrogens with zero attached hydrogens (tertiary/aromatic N) is 6. The van der Waals surface area contributed by atoms with Crippen LogP contribution in [-0.4, -0.2) is 38.9 Å². The Bertz CT molecular complexity index is 1370. The molecule has 3 heterocycles. The molecule has 0 saturated carbocycles.